The Hall–Kier alpha value is -3.27. The highest BCUT2D eigenvalue weighted by Gasteiger charge is 2.40. The lowest BCUT2D eigenvalue weighted by atomic mass is 10.1. The second kappa shape index (κ2) is 10.8. The van der Waals surface area contributed by atoms with Crippen LogP contribution in [0.4, 0.5) is 30.7 Å². The lowest BCUT2D eigenvalue weighted by Crippen LogP contribution is -2.32. The Balaban J connectivity index is 1.57. The molecule has 1 unspecified atom stereocenters. The highest BCUT2D eigenvalue weighted by atomic mass is 19.4. The fourth-order valence-corrected chi connectivity index (χ4v) is 2.82. The number of hydrogen-bond donors (Lipinski definition) is 0. The van der Waals surface area contributed by atoms with Gasteiger partial charge in [0.25, 0.3) is 0 Å². The lowest BCUT2D eigenvalue weighted by Gasteiger charge is -2.21. The third-order valence-corrected chi connectivity index (χ3v) is 4.65. The predicted octanol–water partition coefficient (Wildman–Crippen LogP) is 7.41. The summed E-state index contributed by atoms with van der Waals surface area (Å²) in [6.07, 6.45) is -9.23. The van der Waals surface area contributed by atoms with Crippen LogP contribution >= 0.6 is 0 Å². The molecule has 10 heteroatoms. The van der Waals surface area contributed by atoms with Crippen LogP contribution in [0.25, 0.3) is 0 Å². The first-order chi connectivity index (χ1) is 16.0. The first kappa shape index (κ1) is 25.4. The van der Waals surface area contributed by atoms with E-state index in [0.29, 0.717) is 11.3 Å². The number of alkyl halides is 6. The van der Waals surface area contributed by atoms with Crippen molar-refractivity contribution in [2.45, 2.75) is 19.0 Å². The van der Waals surface area contributed by atoms with Gasteiger partial charge >= 0.3 is 12.4 Å². The topological polar surface area (TPSA) is 27.7 Å². The summed E-state index contributed by atoms with van der Waals surface area (Å²) in [5, 5.41) is 0. The Labute approximate surface area is 190 Å². The van der Waals surface area contributed by atoms with Crippen molar-refractivity contribution in [1.29, 1.82) is 0 Å². The molecule has 0 fully saturated rings. The predicted molar refractivity (Wildman–Crippen MR) is 109 cm³/mol. The van der Waals surface area contributed by atoms with Crippen LogP contribution in [0.15, 0.2) is 72.8 Å². The van der Waals surface area contributed by atoms with Crippen molar-refractivity contribution in [3.63, 3.8) is 0 Å². The van der Waals surface area contributed by atoms with Gasteiger partial charge in [-0.1, -0.05) is 24.3 Å². The molecule has 182 valence electrons. The van der Waals surface area contributed by atoms with Crippen LogP contribution < -0.4 is 9.47 Å². The lowest BCUT2D eigenvalue weighted by molar-refractivity contribution is -0.196. The van der Waals surface area contributed by atoms with E-state index in [9.17, 15) is 30.7 Å². The Morgan fingerprint density at radius 2 is 1.41 bits per heavy atom. The van der Waals surface area contributed by atoms with E-state index >= 15 is 0 Å². The molecule has 0 aliphatic rings. The molecule has 0 bridgehead atoms. The summed E-state index contributed by atoms with van der Waals surface area (Å²) < 4.78 is 107. The van der Waals surface area contributed by atoms with Crippen molar-refractivity contribution in [3.05, 3.63) is 89.7 Å². The molecule has 3 nitrogen and oxygen atoms in total. The molecule has 3 rings (SSSR count). The molecule has 0 N–H and O–H groups in total. The van der Waals surface area contributed by atoms with E-state index in [-0.39, 0.29) is 18.1 Å². The zero-order valence-electron chi connectivity index (χ0n) is 17.5. The van der Waals surface area contributed by atoms with Crippen molar-refractivity contribution in [2.24, 2.45) is 5.92 Å². The maximum Gasteiger partial charge on any atom is 0.416 e. The van der Waals surface area contributed by atoms with Gasteiger partial charge in [-0.25, -0.2) is 4.39 Å². The molecular formula is C24H19F7O3. The zero-order valence-corrected chi connectivity index (χ0v) is 17.5. The van der Waals surface area contributed by atoms with Crippen molar-refractivity contribution < 1.29 is 44.9 Å². The van der Waals surface area contributed by atoms with Crippen LogP contribution in [-0.2, 0) is 17.5 Å². The van der Waals surface area contributed by atoms with Crippen molar-refractivity contribution >= 4 is 0 Å². The Morgan fingerprint density at radius 1 is 0.735 bits per heavy atom. The van der Waals surface area contributed by atoms with Crippen LogP contribution in [0.5, 0.6) is 17.2 Å². The third-order valence-electron chi connectivity index (χ3n) is 4.65. The summed E-state index contributed by atoms with van der Waals surface area (Å²) in [7, 11) is 0. The molecule has 0 aliphatic carbocycles. The normalized spacial score (nSPS) is 12.9. The molecule has 0 amide bonds. The van der Waals surface area contributed by atoms with Crippen molar-refractivity contribution in [1.82, 2.24) is 0 Å². The monoisotopic (exact) mass is 488 g/mol. The summed E-state index contributed by atoms with van der Waals surface area (Å²) in [5.74, 6) is -2.54. The van der Waals surface area contributed by atoms with Gasteiger partial charge in [-0.2, -0.15) is 26.3 Å². The van der Waals surface area contributed by atoms with Gasteiger partial charge in [0, 0.05) is 0 Å². The standard InChI is InChI=1S/C24H19F7O3/c25-21-11-6-16(12-22(21)34-20-4-2-1-3-5-20)13-32-14-18(24(29,30)31)15-33-19-9-7-17(8-10-19)23(26,27)28/h1-12,18H,13-15H2. The minimum absolute atomic E-state index is 0.106. The summed E-state index contributed by atoms with van der Waals surface area (Å²) in [6.45, 7) is -1.87. The fraction of sp³-hybridized carbons (Fsp3) is 0.250. The number of halogens is 7. The molecule has 0 radical (unpaired) electrons. The molecule has 0 saturated heterocycles. The van der Waals surface area contributed by atoms with Gasteiger partial charge in [0.1, 0.15) is 24.0 Å². The number of hydrogen-bond acceptors (Lipinski definition) is 3. The molecule has 3 aromatic carbocycles. The highest BCUT2D eigenvalue weighted by Crippen LogP contribution is 2.32. The quantitative estimate of drug-likeness (QED) is 0.294. The minimum Gasteiger partial charge on any atom is -0.493 e. The molecule has 0 heterocycles. The molecule has 1 atom stereocenters. The van der Waals surface area contributed by atoms with Gasteiger partial charge in [-0.3, -0.25) is 0 Å². The molecule has 34 heavy (non-hydrogen) atoms. The Morgan fingerprint density at radius 3 is 2.03 bits per heavy atom. The molecule has 0 aliphatic heterocycles. The van der Waals surface area contributed by atoms with E-state index < -0.39 is 42.9 Å². The number of benzene rings is 3. The molecule has 0 saturated carbocycles. The zero-order chi connectivity index (χ0) is 24.8. The van der Waals surface area contributed by atoms with Crippen LogP contribution in [0.2, 0.25) is 0 Å². The Bertz CT molecular complexity index is 1050. The van der Waals surface area contributed by atoms with E-state index in [1.807, 2.05) is 0 Å². The van der Waals surface area contributed by atoms with Crippen molar-refractivity contribution in [2.75, 3.05) is 13.2 Å². The van der Waals surface area contributed by atoms with Crippen LogP contribution in [-0.4, -0.2) is 19.4 Å². The second-order valence-electron chi connectivity index (χ2n) is 7.27. The van der Waals surface area contributed by atoms with E-state index in [2.05, 4.69) is 0 Å². The molecule has 0 aromatic heterocycles. The van der Waals surface area contributed by atoms with Gasteiger partial charge in [0.15, 0.2) is 11.6 Å². The van der Waals surface area contributed by atoms with E-state index in [0.717, 1.165) is 30.3 Å². The van der Waals surface area contributed by atoms with Gasteiger partial charge < -0.3 is 14.2 Å². The number of para-hydroxylation sites is 1. The molecular weight excluding hydrogens is 469 g/mol. The van der Waals surface area contributed by atoms with Gasteiger partial charge in [-0.15, -0.1) is 0 Å². The van der Waals surface area contributed by atoms with E-state index in [4.69, 9.17) is 14.2 Å². The number of rotatable bonds is 9. The second-order valence-corrected chi connectivity index (χ2v) is 7.27. The Kier molecular flexibility index (Phi) is 8.03. The van der Waals surface area contributed by atoms with E-state index in [1.54, 1.807) is 30.3 Å². The number of ether oxygens (including phenoxy) is 3. The maximum atomic E-state index is 14.0. The van der Waals surface area contributed by atoms with E-state index in [1.165, 1.54) is 12.1 Å². The highest BCUT2D eigenvalue weighted by molar-refractivity contribution is 5.35. The summed E-state index contributed by atoms with van der Waals surface area (Å²) >= 11 is 0. The smallest absolute Gasteiger partial charge is 0.416 e. The maximum absolute atomic E-state index is 14.0. The van der Waals surface area contributed by atoms with Crippen LogP contribution in [0.3, 0.4) is 0 Å². The SMILES string of the molecule is Fc1ccc(COCC(COc2ccc(C(F)(F)F)cc2)C(F)(F)F)cc1Oc1ccccc1. The van der Waals surface area contributed by atoms with Crippen molar-refractivity contribution in [3.8, 4) is 17.2 Å². The van der Waals surface area contributed by atoms with Crippen LogP contribution in [0, 0.1) is 11.7 Å². The average molecular weight is 488 g/mol. The third kappa shape index (κ3) is 7.38. The van der Waals surface area contributed by atoms with Gasteiger partial charge in [-0.05, 0) is 54.1 Å². The largest absolute Gasteiger partial charge is 0.493 e. The van der Waals surface area contributed by atoms with Gasteiger partial charge in [0.05, 0.1) is 18.8 Å². The summed E-state index contributed by atoms with van der Waals surface area (Å²) in [5.41, 5.74) is -0.553. The van der Waals surface area contributed by atoms with Crippen LogP contribution in [0.1, 0.15) is 11.1 Å². The molecule has 3 aromatic rings. The first-order valence-electron chi connectivity index (χ1n) is 9.98. The summed E-state index contributed by atoms with van der Waals surface area (Å²) in [4.78, 5) is 0. The first-order valence-corrected chi connectivity index (χ1v) is 9.98. The average Bonchev–Trinajstić information content (AvgIpc) is 2.77. The fourth-order valence-electron chi connectivity index (χ4n) is 2.82. The summed E-state index contributed by atoms with van der Waals surface area (Å²) in [6, 6.07) is 15.5. The van der Waals surface area contributed by atoms with Gasteiger partial charge in [0.2, 0.25) is 0 Å². The molecule has 0 spiro atoms. The minimum atomic E-state index is -4.67.